The van der Waals surface area contributed by atoms with Crippen LogP contribution in [-0.4, -0.2) is 96.7 Å². The van der Waals surface area contributed by atoms with Crippen LogP contribution in [0, 0.1) is 0 Å². The molecule has 0 amide bonds. The van der Waals surface area contributed by atoms with Crippen LogP contribution in [0.4, 0.5) is 0 Å². The number of carbonyl (C=O) groups excluding carboxylic acids is 4. The number of ether oxygens (including phenoxy) is 4. The van der Waals surface area contributed by atoms with Gasteiger partial charge in [-0.3, -0.25) is 37.3 Å². The van der Waals surface area contributed by atoms with Crippen molar-refractivity contribution in [3.05, 3.63) is 109 Å². The van der Waals surface area contributed by atoms with Gasteiger partial charge in [0.05, 0.1) is 26.4 Å². The van der Waals surface area contributed by atoms with E-state index in [1.807, 2.05) is 0 Å². The monoisotopic (exact) mass is 1530 g/mol. The summed E-state index contributed by atoms with van der Waals surface area (Å²) in [6.07, 6.45) is 86.1. The number of unbranched alkanes of at least 4 members (excludes halogenated alkanes) is 35. The van der Waals surface area contributed by atoms with E-state index in [0.717, 1.165) is 199 Å². The maximum absolute atomic E-state index is 13.1. The van der Waals surface area contributed by atoms with Gasteiger partial charge in [-0.2, -0.15) is 0 Å². The van der Waals surface area contributed by atoms with Crippen LogP contribution in [0.25, 0.3) is 0 Å². The second-order valence-corrected chi connectivity index (χ2v) is 30.9. The summed E-state index contributed by atoms with van der Waals surface area (Å²) in [5.41, 5.74) is 0. The van der Waals surface area contributed by atoms with Crippen LogP contribution in [0.2, 0.25) is 0 Å². The van der Waals surface area contributed by atoms with Crippen LogP contribution in [-0.2, 0) is 65.4 Å². The zero-order chi connectivity index (χ0) is 77.4. The van der Waals surface area contributed by atoms with Gasteiger partial charge >= 0.3 is 39.5 Å². The number of aliphatic hydroxyl groups is 1. The summed E-state index contributed by atoms with van der Waals surface area (Å²) < 4.78 is 68.8. The number of aliphatic hydroxyl groups excluding tert-OH is 1. The van der Waals surface area contributed by atoms with Gasteiger partial charge in [0.1, 0.15) is 19.3 Å². The van der Waals surface area contributed by atoms with Gasteiger partial charge in [-0.1, -0.05) is 317 Å². The Bertz CT molecular complexity index is 2430. The van der Waals surface area contributed by atoms with Crippen LogP contribution in [0.3, 0.4) is 0 Å². The number of carbonyl (C=O) groups is 4. The molecule has 3 N–H and O–H groups in total. The molecule has 5 unspecified atom stereocenters. The summed E-state index contributed by atoms with van der Waals surface area (Å²) in [5.74, 6) is -2.19. The molecule has 0 saturated heterocycles. The van der Waals surface area contributed by atoms with Gasteiger partial charge in [-0.25, -0.2) is 9.13 Å². The quantitative estimate of drug-likeness (QED) is 0.0169. The third-order valence-corrected chi connectivity index (χ3v) is 19.6. The smallest absolute Gasteiger partial charge is 0.462 e. The number of allylic oxidation sites excluding steroid dienone is 18. The molecule has 17 nitrogen and oxygen atoms in total. The molecule has 106 heavy (non-hydrogen) atoms. The van der Waals surface area contributed by atoms with Crippen molar-refractivity contribution in [2.75, 3.05) is 39.6 Å². The fourth-order valence-corrected chi connectivity index (χ4v) is 13.0. The Balaban J connectivity index is 5.37. The Labute approximate surface area is 645 Å². The Hall–Kier alpha value is -4.28. The number of esters is 4. The van der Waals surface area contributed by atoms with Crippen molar-refractivity contribution in [2.24, 2.45) is 0 Å². The van der Waals surface area contributed by atoms with E-state index < -0.39 is 97.5 Å². The van der Waals surface area contributed by atoms with Gasteiger partial charge in [-0.05, 0) is 128 Å². The first-order valence-corrected chi connectivity index (χ1v) is 45.1. The molecular weight excluding hydrogens is 1380 g/mol. The van der Waals surface area contributed by atoms with Gasteiger partial charge < -0.3 is 33.8 Å². The Morgan fingerprint density at radius 1 is 0.274 bits per heavy atom. The zero-order valence-corrected chi connectivity index (χ0v) is 68.9. The molecule has 0 radical (unpaired) electrons. The average Bonchev–Trinajstić information content (AvgIpc) is 0.909. The number of phosphoric acid groups is 2. The highest BCUT2D eigenvalue weighted by Crippen LogP contribution is 2.45. The minimum atomic E-state index is -4.99. The van der Waals surface area contributed by atoms with Gasteiger partial charge in [-0.15, -0.1) is 0 Å². The van der Waals surface area contributed by atoms with E-state index in [1.54, 1.807) is 0 Å². The molecule has 612 valence electrons. The Morgan fingerprint density at radius 2 is 0.491 bits per heavy atom. The van der Waals surface area contributed by atoms with Crippen molar-refractivity contribution < 1.29 is 80.2 Å². The molecule has 0 spiro atoms. The summed E-state index contributed by atoms with van der Waals surface area (Å²) in [5, 5.41) is 10.7. The predicted octanol–water partition coefficient (Wildman–Crippen LogP) is 24.9. The lowest BCUT2D eigenvalue weighted by Gasteiger charge is -2.21. The highest BCUT2D eigenvalue weighted by molar-refractivity contribution is 7.47. The van der Waals surface area contributed by atoms with Gasteiger partial charge in [0, 0.05) is 25.7 Å². The van der Waals surface area contributed by atoms with E-state index in [-0.39, 0.29) is 25.7 Å². The van der Waals surface area contributed by atoms with Crippen LogP contribution in [0.1, 0.15) is 362 Å². The fourth-order valence-electron chi connectivity index (χ4n) is 11.4. The predicted molar refractivity (Wildman–Crippen MR) is 436 cm³/mol. The van der Waals surface area contributed by atoms with E-state index in [1.165, 1.54) is 83.5 Å². The van der Waals surface area contributed by atoms with Gasteiger partial charge in [0.25, 0.3) is 0 Å². The van der Waals surface area contributed by atoms with Crippen LogP contribution in [0.15, 0.2) is 109 Å². The van der Waals surface area contributed by atoms with Gasteiger partial charge in [0.2, 0.25) is 0 Å². The lowest BCUT2D eigenvalue weighted by atomic mass is 10.0. The molecule has 0 aromatic heterocycles. The first kappa shape index (κ1) is 102. The van der Waals surface area contributed by atoms with Crippen LogP contribution in [0.5, 0.6) is 0 Å². The average molecular weight is 1530 g/mol. The van der Waals surface area contributed by atoms with Crippen LogP contribution < -0.4 is 0 Å². The standard InChI is InChI=1S/C87H152O17P2/c1-5-9-13-17-21-25-29-33-37-39-40-42-46-48-52-56-60-64-68-72-85(90)98-78-83(104-87(92)74-70-66-62-58-54-50-44-36-32-28-24-20-16-12-8-4)80-102-106(95,96)100-76-81(88)75-99-105(93,94)101-79-82(103-86(91)73-69-65-61-57-53-49-43-35-31-27-23-19-15-11-7-3)77-97-84(89)71-67-63-59-55-51-47-45-41-38-34-30-26-22-18-14-10-6-2/h9-10,13-14,21-23,25-27,33-35,37-38,40,42-43,81-83,88H,5-8,11-12,15-20,24,28-32,36,39,41,44-80H2,1-4H3,(H,93,94)(H,95,96)/b13-9-,14-10-,25-21-,26-22-,27-23-,37-33-,38-34-,42-40-,43-35-. The number of phosphoric ester groups is 2. The number of hydrogen-bond donors (Lipinski definition) is 3. The second-order valence-electron chi connectivity index (χ2n) is 28.0. The SMILES string of the molecule is CC/C=C\C/C=C\C/C=C\C/C=C\CCCCCCCCC(=O)OCC(COP(=O)(O)OCC(O)COP(=O)(O)OCC(COC(=O)CCCCCCCCC/C=C\C/C=C\C/C=C\CC)OC(=O)CCCCCCC/C=C\C/C=C\CCCCC)OC(=O)CCCCCCCCCCCCCCCCC. The molecule has 5 atom stereocenters. The first-order chi connectivity index (χ1) is 51.7. The van der Waals surface area contributed by atoms with Crippen molar-refractivity contribution >= 4 is 39.5 Å². The number of rotatable bonds is 79. The molecule has 0 aromatic rings. The molecule has 0 aliphatic heterocycles. The third-order valence-electron chi connectivity index (χ3n) is 17.7. The summed E-state index contributed by atoms with van der Waals surface area (Å²) in [4.78, 5) is 73.2. The maximum Gasteiger partial charge on any atom is 0.472 e. The second kappa shape index (κ2) is 78.8. The third kappa shape index (κ3) is 77.9. The molecule has 0 rings (SSSR count). The fraction of sp³-hybridized carbons (Fsp3) is 0.747. The number of hydrogen-bond acceptors (Lipinski definition) is 15. The van der Waals surface area contributed by atoms with Crippen molar-refractivity contribution in [1.82, 2.24) is 0 Å². The van der Waals surface area contributed by atoms with Crippen LogP contribution >= 0.6 is 15.6 Å². The molecule has 0 saturated carbocycles. The molecule has 0 heterocycles. The van der Waals surface area contributed by atoms with Crippen molar-refractivity contribution in [2.45, 2.75) is 380 Å². The summed E-state index contributed by atoms with van der Waals surface area (Å²) in [6.45, 7) is 4.65. The Kier molecular flexibility index (Phi) is 75.6. The highest BCUT2D eigenvalue weighted by atomic mass is 31.2. The van der Waals surface area contributed by atoms with E-state index in [0.29, 0.717) is 25.7 Å². The Morgan fingerprint density at radius 3 is 0.774 bits per heavy atom. The van der Waals surface area contributed by atoms with Crippen molar-refractivity contribution in [1.29, 1.82) is 0 Å². The summed E-state index contributed by atoms with van der Waals surface area (Å²) >= 11 is 0. The lowest BCUT2D eigenvalue weighted by Crippen LogP contribution is -2.30. The minimum absolute atomic E-state index is 0.0767. The molecule has 0 aliphatic carbocycles. The molecule has 0 aromatic carbocycles. The van der Waals surface area contributed by atoms with E-state index >= 15 is 0 Å². The first-order valence-electron chi connectivity index (χ1n) is 42.1. The van der Waals surface area contributed by atoms with Gasteiger partial charge in [0.15, 0.2) is 12.2 Å². The normalized spacial score (nSPS) is 14.4. The molecule has 0 aliphatic rings. The highest BCUT2D eigenvalue weighted by Gasteiger charge is 2.30. The molecular formula is C87H152O17P2. The van der Waals surface area contributed by atoms with E-state index in [4.69, 9.17) is 37.0 Å². The molecule has 19 heteroatoms. The minimum Gasteiger partial charge on any atom is -0.462 e. The van der Waals surface area contributed by atoms with Crippen molar-refractivity contribution in [3.63, 3.8) is 0 Å². The largest absolute Gasteiger partial charge is 0.472 e. The van der Waals surface area contributed by atoms with E-state index in [9.17, 15) is 43.2 Å². The zero-order valence-electron chi connectivity index (χ0n) is 67.1. The summed E-state index contributed by atoms with van der Waals surface area (Å²) in [6, 6.07) is 0. The molecule has 0 bridgehead atoms. The lowest BCUT2D eigenvalue weighted by molar-refractivity contribution is -0.161. The summed E-state index contributed by atoms with van der Waals surface area (Å²) in [7, 11) is -9.97. The van der Waals surface area contributed by atoms with E-state index in [2.05, 4.69) is 137 Å². The molecule has 0 fully saturated rings. The van der Waals surface area contributed by atoms with Crippen molar-refractivity contribution in [3.8, 4) is 0 Å². The topological polar surface area (TPSA) is 237 Å². The maximum atomic E-state index is 13.1.